The number of hydrogen-bond donors (Lipinski definition) is 1. The third-order valence-electron chi connectivity index (χ3n) is 6.38. The van der Waals surface area contributed by atoms with Crippen LogP contribution in [0.5, 0.6) is 11.5 Å². The molecular formula is C27H35N5O6. The van der Waals surface area contributed by atoms with E-state index in [1.54, 1.807) is 13.3 Å². The lowest BCUT2D eigenvalue weighted by atomic mass is 10.1. The van der Waals surface area contributed by atoms with Crippen LogP contribution >= 0.6 is 0 Å². The molecule has 0 radical (unpaired) electrons. The fourth-order valence-corrected chi connectivity index (χ4v) is 4.49. The van der Waals surface area contributed by atoms with E-state index in [2.05, 4.69) is 33.3 Å². The van der Waals surface area contributed by atoms with Crippen molar-refractivity contribution < 1.29 is 28.4 Å². The van der Waals surface area contributed by atoms with Crippen LogP contribution in [0.4, 0.5) is 5.82 Å². The summed E-state index contributed by atoms with van der Waals surface area (Å²) in [6.45, 7) is 7.20. The minimum Gasteiger partial charge on any atom is -0.476 e. The van der Waals surface area contributed by atoms with E-state index in [4.69, 9.17) is 33.4 Å². The van der Waals surface area contributed by atoms with Crippen LogP contribution in [0.1, 0.15) is 24.5 Å². The van der Waals surface area contributed by atoms with Crippen molar-refractivity contribution in [3.8, 4) is 11.5 Å². The normalized spacial score (nSPS) is 20.1. The van der Waals surface area contributed by atoms with Crippen molar-refractivity contribution in [1.82, 2.24) is 20.2 Å². The fourth-order valence-electron chi connectivity index (χ4n) is 4.49. The van der Waals surface area contributed by atoms with Crippen LogP contribution in [0.25, 0.3) is 12.3 Å². The number of nitrogens with zero attached hydrogens (tertiary/aromatic N) is 4. The number of nitrogens with one attached hydrogen (secondary N) is 1. The van der Waals surface area contributed by atoms with E-state index in [-0.39, 0.29) is 12.9 Å². The molecule has 11 heteroatoms. The Bertz CT molecular complexity index is 1250. The monoisotopic (exact) mass is 525 g/mol. The molecule has 38 heavy (non-hydrogen) atoms. The van der Waals surface area contributed by atoms with E-state index in [9.17, 15) is 0 Å². The molecule has 0 saturated heterocycles. The first kappa shape index (κ1) is 26.4. The zero-order valence-corrected chi connectivity index (χ0v) is 22.0. The molecule has 0 fully saturated rings. The van der Waals surface area contributed by atoms with Crippen molar-refractivity contribution in [2.75, 3.05) is 66.6 Å². The Hall–Kier alpha value is -3.25. The van der Waals surface area contributed by atoms with Crippen molar-refractivity contribution in [3.63, 3.8) is 0 Å². The van der Waals surface area contributed by atoms with E-state index in [1.807, 2.05) is 12.1 Å². The van der Waals surface area contributed by atoms with Crippen LogP contribution in [0, 0.1) is 0 Å². The number of fused-ring (bicyclic) bond motifs is 4. The molecule has 5 rings (SSSR count). The summed E-state index contributed by atoms with van der Waals surface area (Å²) in [5.74, 6) is 2.58. The van der Waals surface area contributed by atoms with Crippen LogP contribution in [-0.4, -0.2) is 87.5 Å². The predicted molar refractivity (Wildman–Crippen MR) is 139 cm³/mol. The molecule has 1 atom stereocenters. The second-order valence-electron chi connectivity index (χ2n) is 9.19. The van der Waals surface area contributed by atoms with Crippen LogP contribution < -0.4 is 25.4 Å². The number of ether oxygens (including phenoxy) is 6. The predicted octanol–water partition coefficient (Wildman–Crippen LogP) is 1.13. The summed E-state index contributed by atoms with van der Waals surface area (Å²) in [6.07, 6.45) is 9.00. The molecule has 1 aromatic carbocycles. The Morgan fingerprint density at radius 1 is 1.16 bits per heavy atom. The van der Waals surface area contributed by atoms with Crippen molar-refractivity contribution in [1.29, 1.82) is 0 Å². The van der Waals surface area contributed by atoms with E-state index < -0.39 is 0 Å². The van der Waals surface area contributed by atoms with Gasteiger partial charge < -0.3 is 38.6 Å². The van der Waals surface area contributed by atoms with Gasteiger partial charge in [0.2, 0.25) is 6.79 Å². The van der Waals surface area contributed by atoms with E-state index in [0.29, 0.717) is 68.7 Å². The summed E-state index contributed by atoms with van der Waals surface area (Å²) in [7, 11) is 1.66. The summed E-state index contributed by atoms with van der Waals surface area (Å²) in [5, 5.41) is 5.10. The average Bonchev–Trinajstić information content (AvgIpc) is 3.39. The van der Waals surface area contributed by atoms with Crippen LogP contribution in [0.3, 0.4) is 0 Å². The van der Waals surface area contributed by atoms with Crippen molar-refractivity contribution in [2.24, 2.45) is 4.99 Å². The minimum atomic E-state index is 0.0148. The Balaban J connectivity index is 1.54. The Kier molecular flexibility index (Phi) is 9.02. The maximum Gasteiger partial charge on any atom is 0.231 e. The Labute approximate surface area is 222 Å². The van der Waals surface area contributed by atoms with Gasteiger partial charge in [-0.3, -0.25) is 0 Å². The molecule has 2 bridgehead atoms. The molecule has 3 aliphatic rings. The summed E-state index contributed by atoms with van der Waals surface area (Å²) in [4.78, 5) is 15.8. The van der Waals surface area contributed by atoms with Crippen molar-refractivity contribution in [2.45, 2.75) is 25.9 Å². The van der Waals surface area contributed by atoms with Crippen LogP contribution in [0.2, 0.25) is 0 Å². The van der Waals surface area contributed by atoms with E-state index >= 15 is 0 Å². The van der Waals surface area contributed by atoms with Gasteiger partial charge in [0.15, 0.2) is 23.2 Å². The molecule has 3 aliphatic heterocycles. The molecule has 1 aromatic heterocycles. The number of rotatable bonds is 7. The standard InChI is InChI=1S/C27H35N5O6/c1-19-12-21-15-29-17-30-27(21)31-25-22-16-32(6-5-28-4-3-7-35-19)24(36-11-10-34-9-8-33-2)14-20(22)13-23-26(25)38-18-37-23/h13-17,19,28H,3-12,18H2,1-2H3/b31-25+. The highest BCUT2D eigenvalue weighted by Gasteiger charge is 2.23. The van der Waals surface area contributed by atoms with Gasteiger partial charge in [0.25, 0.3) is 0 Å². The van der Waals surface area contributed by atoms with Gasteiger partial charge in [-0.15, -0.1) is 0 Å². The highest BCUT2D eigenvalue weighted by Crippen LogP contribution is 2.30. The second kappa shape index (κ2) is 13.0. The van der Waals surface area contributed by atoms with E-state index in [1.165, 1.54) is 6.33 Å². The molecule has 0 spiro atoms. The third kappa shape index (κ3) is 6.41. The quantitative estimate of drug-likeness (QED) is 0.529. The molecule has 4 heterocycles. The average molecular weight is 526 g/mol. The molecule has 0 amide bonds. The summed E-state index contributed by atoms with van der Waals surface area (Å²) in [6, 6.07) is 1.97. The number of benzene rings is 1. The molecular weight excluding hydrogens is 490 g/mol. The molecule has 11 nitrogen and oxygen atoms in total. The number of aromatic nitrogens is 2. The highest BCUT2D eigenvalue weighted by molar-refractivity contribution is 5.63. The maximum atomic E-state index is 6.16. The van der Waals surface area contributed by atoms with Gasteiger partial charge in [0.05, 0.1) is 25.9 Å². The number of hydrogen-bond acceptors (Lipinski definition) is 11. The van der Waals surface area contributed by atoms with E-state index in [0.717, 1.165) is 41.7 Å². The lowest BCUT2D eigenvalue weighted by molar-refractivity contribution is 0.0324. The lowest BCUT2D eigenvalue weighted by Gasteiger charge is -2.27. The maximum absolute atomic E-state index is 6.16. The zero-order valence-electron chi connectivity index (χ0n) is 22.0. The van der Waals surface area contributed by atoms with Crippen LogP contribution in [0.15, 0.2) is 29.5 Å². The molecule has 0 saturated carbocycles. The van der Waals surface area contributed by atoms with Gasteiger partial charge in [0.1, 0.15) is 18.3 Å². The van der Waals surface area contributed by atoms with Crippen molar-refractivity contribution >= 4 is 18.1 Å². The van der Waals surface area contributed by atoms with Gasteiger partial charge in [-0.05, 0) is 31.5 Å². The first-order chi connectivity index (χ1) is 18.7. The summed E-state index contributed by atoms with van der Waals surface area (Å²) in [5.41, 5.74) is 1.84. The van der Waals surface area contributed by atoms with Gasteiger partial charge in [-0.2, -0.15) is 0 Å². The molecule has 1 unspecified atom stereocenters. The molecule has 204 valence electrons. The smallest absolute Gasteiger partial charge is 0.231 e. The van der Waals surface area contributed by atoms with Gasteiger partial charge in [-0.1, -0.05) is 0 Å². The fraction of sp³-hybridized carbons (Fsp3) is 0.519. The van der Waals surface area contributed by atoms with Crippen molar-refractivity contribution in [3.05, 3.63) is 46.2 Å². The second-order valence-corrected chi connectivity index (χ2v) is 9.19. The summed E-state index contributed by atoms with van der Waals surface area (Å²) >= 11 is 0. The van der Waals surface area contributed by atoms with Gasteiger partial charge >= 0.3 is 0 Å². The lowest BCUT2D eigenvalue weighted by Crippen LogP contribution is -2.38. The molecule has 2 aromatic rings. The molecule has 0 aliphatic carbocycles. The summed E-state index contributed by atoms with van der Waals surface area (Å²) < 4.78 is 34.5. The first-order valence-electron chi connectivity index (χ1n) is 13.0. The van der Waals surface area contributed by atoms with Gasteiger partial charge in [0, 0.05) is 62.5 Å². The third-order valence-corrected chi connectivity index (χ3v) is 6.38. The zero-order chi connectivity index (χ0) is 26.2. The highest BCUT2D eigenvalue weighted by atomic mass is 16.7. The SMILES string of the molecule is COCCOCCOC1=Cc2cc3c(/c4c2=CN1CCNCCCOC(C)Cc1cncnc1\N=4)OCO3. The van der Waals surface area contributed by atoms with Gasteiger partial charge in [-0.25, -0.2) is 15.0 Å². The topological polar surface area (TPSA) is 109 Å². The molecule has 1 N–H and O–H groups in total. The minimum absolute atomic E-state index is 0.0148. The van der Waals surface area contributed by atoms with Crippen LogP contribution in [-0.2, 0) is 25.4 Å². The largest absolute Gasteiger partial charge is 0.476 e. The Morgan fingerprint density at radius 2 is 2.08 bits per heavy atom. The first-order valence-corrected chi connectivity index (χ1v) is 13.0. The number of methoxy groups -OCH3 is 1. The Morgan fingerprint density at radius 3 is 3.00 bits per heavy atom.